The Kier molecular flexibility index (Phi) is 4.93. The van der Waals surface area contributed by atoms with E-state index in [-0.39, 0.29) is 35.7 Å². The lowest BCUT2D eigenvalue weighted by Gasteiger charge is -2.38. The zero-order valence-electron chi connectivity index (χ0n) is 18.8. The van der Waals surface area contributed by atoms with Crippen LogP contribution in [-0.4, -0.2) is 85.9 Å². The monoisotopic (exact) mass is 474 g/mol. The Morgan fingerprint density at radius 2 is 1.79 bits per heavy atom. The van der Waals surface area contributed by atoms with E-state index in [0.717, 1.165) is 5.69 Å². The van der Waals surface area contributed by atoms with E-state index in [1.54, 1.807) is 17.1 Å². The number of carbonyl (C=O) groups excluding carboxylic acids is 1. The third kappa shape index (κ3) is 3.64. The number of nitrogens with zero attached hydrogens (tertiary/aromatic N) is 7. The molecule has 5 rings (SSSR count). The van der Waals surface area contributed by atoms with Gasteiger partial charge in [-0.1, -0.05) is 25.4 Å². The maximum Gasteiger partial charge on any atom is 0.407 e. The number of carboxylic acid groups (broad SMARTS) is 1. The molecule has 33 heavy (non-hydrogen) atoms. The number of nitrogens with one attached hydrogen (secondary N) is 1. The quantitative estimate of drug-likeness (QED) is 0.689. The van der Waals surface area contributed by atoms with E-state index >= 15 is 0 Å². The first kappa shape index (κ1) is 21.7. The number of aromatic nitrogens is 4. The van der Waals surface area contributed by atoms with Crippen LogP contribution in [0.1, 0.15) is 13.8 Å². The summed E-state index contributed by atoms with van der Waals surface area (Å²) < 4.78 is 1.69. The highest BCUT2D eigenvalue weighted by Gasteiger charge is 2.59. The summed E-state index contributed by atoms with van der Waals surface area (Å²) in [6.45, 7) is 7.66. The summed E-state index contributed by atoms with van der Waals surface area (Å²) in [7, 11) is 1.84. The number of likely N-dealkylation sites (tertiary alicyclic amines) is 2. The van der Waals surface area contributed by atoms with Gasteiger partial charge in [0.05, 0.1) is 24.0 Å². The van der Waals surface area contributed by atoms with Crippen molar-refractivity contribution in [3.05, 3.63) is 23.6 Å². The Labute approximate surface area is 196 Å². The molecule has 11 nitrogen and oxygen atoms in total. The average Bonchev–Trinajstić information content (AvgIpc) is 3.29. The number of amides is 2. The first-order valence-corrected chi connectivity index (χ1v) is 11.2. The summed E-state index contributed by atoms with van der Waals surface area (Å²) in [4.78, 5) is 38.3. The highest BCUT2D eigenvalue weighted by molar-refractivity contribution is 6.32. The van der Waals surface area contributed by atoms with E-state index in [4.69, 9.17) is 16.7 Å². The van der Waals surface area contributed by atoms with E-state index in [1.807, 2.05) is 18.1 Å². The first-order chi connectivity index (χ1) is 15.6. The Balaban J connectivity index is 1.29. The second kappa shape index (κ2) is 7.47. The summed E-state index contributed by atoms with van der Waals surface area (Å²) in [6, 6.07) is 0. The molecule has 3 fully saturated rings. The zero-order valence-corrected chi connectivity index (χ0v) is 19.6. The van der Waals surface area contributed by atoms with Crippen molar-refractivity contribution in [2.75, 3.05) is 49.5 Å². The Hall–Kier alpha value is -3.08. The van der Waals surface area contributed by atoms with Crippen molar-refractivity contribution in [3.63, 3.8) is 0 Å². The van der Waals surface area contributed by atoms with Crippen molar-refractivity contribution in [1.82, 2.24) is 29.5 Å². The van der Waals surface area contributed by atoms with Gasteiger partial charge in [0.25, 0.3) is 0 Å². The number of hydrogen-bond acceptors (Lipinski definition) is 7. The van der Waals surface area contributed by atoms with Gasteiger partial charge in [0.1, 0.15) is 5.02 Å². The van der Waals surface area contributed by atoms with Gasteiger partial charge in [-0.05, 0) is 0 Å². The van der Waals surface area contributed by atoms with Gasteiger partial charge >= 0.3 is 6.09 Å². The summed E-state index contributed by atoms with van der Waals surface area (Å²) in [5.41, 5.74) is 0.517. The molecule has 176 valence electrons. The lowest BCUT2D eigenvalue weighted by Crippen LogP contribution is -2.56. The van der Waals surface area contributed by atoms with Crippen LogP contribution < -0.4 is 10.2 Å². The summed E-state index contributed by atoms with van der Waals surface area (Å²) >= 11 is 6.49. The zero-order chi connectivity index (χ0) is 23.5. The normalized spacial score (nSPS) is 27.0. The van der Waals surface area contributed by atoms with Gasteiger partial charge in [-0.25, -0.2) is 9.78 Å². The van der Waals surface area contributed by atoms with Crippen LogP contribution in [0.4, 0.5) is 22.2 Å². The minimum absolute atomic E-state index is 0.0546. The number of hydrogen-bond donors (Lipinski definition) is 2. The Bertz CT molecular complexity index is 1100. The molecule has 0 spiro atoms. The molecule has 3 aliphatic heterocycles. The molecule has 2 N–H and O–H groups in total. The third-order valence-electron chi connectivity index (χ3n) is 7.42. The highest BCUT2D eigenvalue weighted by atomic mass is 35.5. The maximum absolute atomic E-state index is 13.0. The Morgan fingerprint density at radius 1 is 1.12 bits per heavy atom. The molecule has 0 radical (unpaired) electrons. The molecular weight excluding hydrogens is 448 g/mol. The predicted molar refractivity (Wildman–Crippen MR) is 122 cm³/mol. The molecule has 2 aromatic rings. The van der Waals surface area contributed by atoms with Crippen molar-refractivity contribution in [2.45, 2.75) is 13.8 Å². The predicted octanol–water partition coefficient (Wildman–Crippen LogP) is 1.89. The average molecular weight is 475 g/mol. The van der Waals surface area contributed by atoms with Crippen molar-refractivity contribution >= 4 is 41.1 Å². The van der Waals surface area contributed by atoms with Crippen LogP contribution in [0.2, 0.25) is 5.02 Å². The molecular formula is C21H27ClN8O3. The molecule has 2 amide bonds. The summed E-state index contributed by atoms with van der Waals surface area (Å²) in [5.74, 6) is 0.933. The van der Waals surface area contributed by atoms with Crippen LogP contribution in [0.25, 0.3) is 0 Å². The van der Waals surface area contributed by atoms with Crippen molar-refractivity contribution < 1.29 is 14.7 Å². The lowest BCUT2D eigenvalue weighted by molar-refractivity contribution is -0.139. The Morgan fingerprint density at radius 3 is 2.36 bits per heavy atom. The molecule has 12 heteroatoms. The second-order valence-corrected chi connectivity index (χ2v) is 10.4. The summed E-state index contributed by atoms with van der Waals surface area (Å²) in [5, 5.41) is 16.8. The molecule has 0 aromatic carbocycles. The number of rotatable bonds is 4. The fourth-order valence-electron chi connectivity index (χ4n) is 5.27. The number of aryl methyl sites for hydroxylation is 1. The van der Waals surface area contributed by atoms with Gasteiger partial charge < -0.3 is 25.1 Å². The van der Waals surface area contributed by atoms with Gasteiger partial charge in [-0.15, -0.1) is 0 Å². The van der Waals surface area contributed by atoms with Crippen molar-refractivity contribution in [2.24, 2.45) is 23.8 Å². The minimum Gasteiger partial charge on any atom is -0.465 e. The second-order valence-electron chi connectivity index (χ2n) is 9.95. The first-order valence-electron chi connectivity index (χ1n) is 10.9. The molecule has 3 saturated heterocycles. The van der Waals surface area contributed by atoms with E-state index in [9.17, 15) is 9.59 Å². The third-order valence-corrected chi connectivity index (χ3v) is 7.68. The van der Waals surface area contributed by atoms with Crippen LogP contribution in [0.3, 0.4) is 0 Å². The molecule has 2 atom stereocenters. The topological polar surface area (TPSA) is 120 Å². The van der Waals surface area contributed by atoms with E-state index in [1.165, 1.54) is 4.90 Å². The van der Waals surface area contributed by atoms with Gasteiger partial charge in [0, 0.05) is 63.3 Å². The van der Waals surface area contributed by atoms with Crippen LogP contribution in [0.5, 0.6) is 0 Å². The molecule has 0 aliphatic carbocycles. The van der Waals surface area contributed by atoms with E-state index in [0.29, 0.717) is 43.0 Å². The maximum atomic E-state index is 13.0. The largest absolute Gasteiger partial charge is 0.465 e. The van der Waals surface area contributed by atoms with Gasteiger partial charge in [0.15, 0.2) is 5.82 Å². The molecule has 0 saturated carbocycles. The fraction of sp³-hybridized carbons (Fsp3) is 0.571. The van der Waals surface area contributed by atoms with Crippen LogP contribution in [0, 0.1) is 16.7 Å². The van der Waals surface area contributed by atoms with Crippen LogP contribution in [0.15, 0.2) is 18.6 Å². The van der Waals surface area contributed by atoms with Crippen molar-refractivity contribution in [3.8, 4) is 0 Å². The number of anilines is 3. The van der Waals surface area contributed by atoms with Crippen LogP contribution in [-0.2, 0) is 11.8 Å². The lowest BCUT2D eigenvalue weighted by atomic mass is 9.71. The van der Waals surface area contributed by atoms with Crippen LogP contribution >= 0.6 is 11.6 Å². The number of fused-ring (bicyclic) bond motifs is 1. The van der Waals surface area contributed by atoms with Gasteiger partial charge in [-0.2, -0.15) is 10.1 Å². The molecule has 3 aliphatic rings. The number of carbonyl (C=O) groups is 2. The molecule has 0 unspecified atom stereocenters. The van der Waals surface area contributed by atoms with Crippen molar-refractivity contribution in [1.29, 1.82) is 0 Å². The van der Waals surface area contributed by atoms with Gasteiger partial charge in [-0.3, -0.25) is 9.48 Å². The van der Waals surface area contributed by atoms with E-state index in [2.05, 4.69) is 39.1 Å². The fourth-order valence-corrected chi connectivity index (χ4v) is 5.48. The SMILES string of the molecule is Cn1cc(Nc2ncc(Cl)c(N3C[C@]4(C)CN(C(=O)C5CN(C(=O)O)C5)C[C@]4(C)C3)n2)cn1. The van der Waals surface area contributed by atoms with E-state index < -0.39 is 6.09 Å². The number of halogens is 1. The molecule has 0 bridgehead atoms. The smallest absolute Gasteiger partial charge is 0.407 e. The molecule has 5 heterocycles. The minimum atomic E-state index is -0.967. The summed E-state index contributed by atoms with van der Waals surface area (Å²) in [6.07, 6.45) is 4.17. The highest BCUT2D eigenvalue weighted by Crippen LogP contribution is 2.53. The van der Waals surface area contributed by atoms with Gasteiger partial charge in [0.2, 0.25) is 11.9 Å². The standard InChI is InChI=1S/C21H27ClN8O3/c1-20-9-29(16-15(22)5-23-18(26-16)25-14-4-24-27(3)8-14)10-21(20,2)12-30(11-20)17(31)13-6-28(7-13)19(32)33/h4-5,8,13H,6-7,9-12H2,1-3H3,(H,32,33)(H,23,25,26)/t20-,21+. The molecule has 2 aromatic heterocycles.